The lowest BCUT2D eigenvalue weighted by Crippen LogP contribution is -2.56. The molecule has 1 unspecified atom stereocenters. The first-order chi connectivity index (χ1) is 12.1. The molecule has 3 N–H and O–H groups in total. The Bertz CT molecular complexity index is 802. The van der Waals surface area contributed by atoms with Crippen LogP contribution < -0.4 is 16.0 Å². The molecule has 138 valence electrons. The van der Waals surface area contributed by atoms with Gasteiger partial charge in [0, 0.05) is 15.7 Å². The van der Waals surface area contributed by atoms with Gasteiger partial charge in [0.1, 0.15) is 12.0 Å². The molecule has 0 saturated carbocycles. The number of rotatable bonds is 4. The lowest BCUT2D eigenvalue weighted by Gasteiger charge is -2.27. The maximum absolute atomic E-state index is 12.9. The number of carbonyl (C=O) groups excluding carboxylic acids is 1. The minimum Gasteiger partial charge on any atom is -0.339 e. The first-order valence-electron chi connectivity index (χ1n) is 7.11. The maximum Gasteiger partial charge on any atom is 0.253 e. The van der Waals surface area contributed by atoms with E-state index in [1.165, 1.54) is 24.3 Å². The van der Waals surface area contributed by atoms with Crippen LogP contribution in [0.15, 0.2) is 53.0 Å². The van der Waals surface area contributed by atoms with Gasteiger partial charge in [0.2, 0.25) is 3.79 Å². The summed E-state index contributed by atoms with van der Waals surface area (Å²) in [4.78, 5) is 12.4. The van der Waals surface area contributed by atoms with Gasteiger partial charge in [-0.05, 0) is 54.7 Å². The van der Waals surface area contributed by atoms with E-state index in [0.717, 1.165) is 4.47 Å². The van der Waals surface area contributed by atoms with Crippen LogP contribution in [0.3, 0.4) is 0 Å². The van der Waals surface area contributed by atoms with E-state index in [1.54, 1.807) is 24.3 Å². The predicted octanol–water partition coefficient (Wildman–Crippen LogP) is 5.00. The molecule has 0 aliphatic carbocycles. The van der Waals surface area contributed by atoms with E-state index < -0.39 is 15.9 Å². The van der Waals surface area contributed by atoms with Crippen molar-refractivity contribution in [2.45, 2.75) is 9.96 Å². The second-order valence-electron chi connectivity index (χ2n) is 5.06. The molecule has 1 atom stereocenters. The molecule has 0 radical (unpaired) electrons. The number of halogens is 5. The highest BCUT2D eigenvalue weighted by atomic mass is 79.9. The summed E-state index contributed by atoms with van der Waals surface area (Å²) < 4.78 is 11.8. The van der Waals surface area contributed by atoms with Gasteiger partial charge in [0.15, 0.2) is 5.11 Å². The average molecular weight is 500 g/mol. The monoisotopic (exact) mass is 497 g/mol. The van der Waals surface area contributed by atoms with Crippen LogP contribution in [-0.4, -0.2) is 21.0 Å². The van der Waals surface area contributed by atoms with Gasteiger partial charge in [0.05, 0.1) is 0 Å². The normalized spacial score (nSPS) is 12.2. The van der Waals surface area contributed by atoms with Crippen molar-refractivity contribution in [2.24, 2.45) is 0 Å². The van der Waals surface area contributed by atoms with Gasteiger partial charge in [0.25, 0.3) is 5.91 Å². The molecule has 2 aromatic carbocycles. The second-order valence-corrected chi connectivity index (χ2v) is 8.76. The number of carbonyl (C=O) groups is 1. The molecule has 4 nitrogen and oxygen atoms in total. The van der Waals surface area contributed by atoms with Gasteiger partial charge >= 0.3 is 0 Å². The molecule has 10 heteroatoms. The summed E-state index contributed by atoms with van der Waals surface area (Å²) in [7, 11) is 0. The van der Waals surface area contributed by atoms with E-state index >= 15 is 0 Å². The molecule has 2 rings (SSSR count). The Morgan fingerprint density at radius 3 is 2.35 bits per heavy atom. The molecular weight excluding hydrogens is 488 g/mol. The molecule has 0 aliphatic heterocycles. The van der Waals surface area contributed by atoms with E-state index in [2.05, 4.69) is 31.9 Å². The number of hydrogen-bond donors (Lipinski definition) is 3. The van der Waals surface area contributed by atoms with Crippen LogP contribution in [0.5, 0.6) is 0 Å². The Labute approximate surface area is 178 Å². The van der Waals surface area contributed by atoms with Crippen LogP contribution in [0.2, 0.25) is 0 Å². The lowest BCUT2D eigenvalue weighted by molar-refractivity contribution is 0.0934. The van der Waals surface area contributed by atoms with E-state index in [4.69, 9.17) is 47.0 Å². The van der Waals surface area contributed by atoms with Crippen LogP contribution in [0.4, 0.5) is 10.1 Å². The first-order valence-corrected chi connectivity index (χ1v) is 9.45. The summed E-state index contributed by atoms with van der Waals surface area (Å²) in [6, 6.07) is 12.3. The molecule has 0 spiro atoms. The third-order valence-electron chi connectivity index (χ3n) is 3.07. The van der Waals surface area contributed by atoms with Crippen molar-refractivity contribution < 1.29 is 9.18 Å². The minimum atomic E-state index is -1.88. The topological polar surface area (TPSA) is 53.2 Å². The molecule has 0 saturated heterocycles. The maximum atomic E-state index is 12.9. The van der Waals surface area contributed by atoms with Crippen molar-refractivity contribution in [2.75, 3.05) is 5.32 Å². The van der Waals surface area contributed by atoms with Gasteiger partial charge in [-0.3, -0.25) is 4.79 Å². The average Bonchev–Trinajstić information content (AvgIpc) is 2.55. The molecule has 0 fully saturated rings. The lowest BCUT2D eigenvalue weighted by atomic mass is 10.2. The van der Waals surface area contributed by atoms with E-state index in [9.17, 15) is 9.18 Å². The Morgan fingerprint density at radius 2 is 1.77 bits per heavy atom. The zero-order valence-corrected chi connectivity index (χ0v) is 17.6. The summed E-state index contributed by atoms with van der Waals surface area (Å²) >= 11 is 26.3. The Balaban J connectivity index is 2.06. The summed E-state index contributed by atoms with van der Waals surface area (Å²) in [6.07, 6.45) is -1.11. The molecular formula is C16H12BrCl3FN3OS. The van der Waals surface area contributed by atoms with Crippen LogP contribution in [0.25, 0.3) is 0 Å². The molecule has 0 aromatic heterocycles. The van der Waals surface area contributed by atoms with Gasteiger partial charge in [-0.2, -0.15) is 0 Å². The van der Waals surface area contributed by atoms with Crippen molar-refractivity contribution in [3.05, 3.63) is 64.4 Å². The largest absolute Gasteiger partial charge is 0.339 e. The zero-order valence-electron chi connectivity index (χ0n) is 12.9. The van der Waals surface area contributed by atoms with Crippen molar-refractivity contribution >= 4 is 79.7 Å². The standard InChI is InChI=1S/C16H12BrCl3FN3OS/c17-10-3-1-2-9(8-10)13(25)23-14(16(18,19)20)24-15(26)22-12-6-4-11(21)5-7-12/h1-8,14H,(H,23,25)(H2,22,24,26). The SMILES string of the molecule is O=C(NC(NC(=S)Nc1ccc(F)cc1)C(Cl)(Cl)Cl)c1cccc(Br)c1. The van der Waals surface area contributed by atoms with Crippen molar-refractivity contribution in [1.82, 2.24) is 10.6 Å². The molecule has 1 amide bonds. The fourth-order valence-electron chi connectivity index (χ4n) is 1.88. The highest BCUT2D eigenvalue weighted by Crippen LogP contribution is 2.29. The number of nitrogens with one attached hydrogen (secondary N) is 3. The quantitative estimate of drug-likeness (QED) is 0.315. The van der Waals surface area contributed by atoms with E-state index in [0.29, 0.717) is 11.3 Å². The fraction of sp³-hybridized carbons (Fsp3) is 0.125. The number of alkyl halides is 3. The summed E-state index contributed by atoms with van der Waals surface area (Å²) in [6.45, 7) is 0. The summed E-state index contributed by atoms with van der Waals surface area (Å²) in [5, 5.41) is 8.19. The number of thiocarbonyl (C=S) groups is 1. The van der Waals surface area contributed by atoms with E-state index in [1.807, 2.05) is 0 Å². The highest BCUT2D eigenvalue weighted by molar-refractivity contribution is 9.10. The predicted molar refractivity (Wildman–Crippen MR) is 111 cm³/mol. The fourth-order valence-corrected chi connectivity index (χ4v) is 2.84. The van der Waals surface area contributed by atoms with Crippen LogP contribution in [-0.2, 0) is 0 Å². The minimum absolute atomic E-state index is 0.0856. The van der Waals surface area contributed by atoms with Gasteiger partial charge in [-0.1, -0.05) is 56.8 Å². The molecule has 0 bridgehead atoms. The van der Waals surface area contributed by atoms with Crippen molar-refractivity contribution in [1.29, 1.82) is 0 Å². The van der Waals surface area contributed by atoms with Gasteiger partial charge < -0.3 is 16.0 Å². The van der Waals surface area contributed by atoms with Crippen molar-refractivity contribution in [3.8, 4) is 0 Å². The number of anilines is 1. The summed E-state index contributed by atoms with van der Waals surface area (Å²) in [5.74, 6) is -0.838. The van der Waals surface area contributed by atoms with Gasteiger partial charge in [-0.25, -0.2) is 4.39 Å². The smallest absolute Gasteiger partial charge is 0.253 e. The Hall–Kier alpha value is -1.12. The summed E-state index contributed by atoms with van der Waals surface area (Å²) in [5.41, 5.74) is 0.906. The highest BCUT2D eigenvalue weighted by Gasteiger charge is 2.34. The zero-order chi connectivity index (χ0) is 19.3. The van der Waals surface area contributed by atoms with Crippen LogP contribution >= 0.6 is 63.0 Å². The third-order valence-corrected chi connectivity index (χ3v) is 4.43. The van der Waals surface area contributed by atoms with Gasteiger partial charge in [-0.15, -0.1) is 0 Å². The number of benzene rings is 2. The van der Waals surface area contributed by atoms with Crippen molar-refractivity contribution in [3.63, 3.8) is 0 Å². The molecule has 0 aliphatic rings. The molecule has 26 heavy (non-hydrogen) atoms. The van der Waals surface area contributed by atoms with E-state index in [-0.39, 0.29) is 10.9 Å². The molecule has 0 heterocycles. The van der Waals surface area contributed by atoms with Crippen LogP contribution in [0, 0.1) is 5.82 Å². The number of amides is 1. The third kappa shape index (κ3) is 6.55. The second kappa shape index (κ2) is 9.19. The number of hydrogen-bond acceptors (Lipinski definition) is 2. The first kappa shape index (κ1) is 21.2. The molecule has 2 aromatic rings. The Kier molecular flexibility index (Phi) is 7.49. The Morgan fingerprint density at radius 1 is 1.12 bits per heavy atom. The van der Waals surface area contributed by atoms with Crippen LogP contribution in [0.1, 0.15) is 10.4 Å².